The molecule has 1 aromatic carbocycles. The molecule has 5 nitrogen and oxygen atoms in total. The number of amides is 1. The van der Waals surface area contributed by atoms with E-state index in [2.05, 4.69) is 10.3 Å². The van der Waals surface area contributed by atoms with Crippen LogP contribution in [0.3, 0.4) is 0 Å². The predicted molar refractivity (Wildman–Crippen MR) is 63.5 cm³/mol. The van der Waals surface area contributed by atoms with Crippen molar-refractivity contribution in [2.45, 2.75) is 6.54 Å². The Kier molecular flexibility index (Phi) is 3.47. The minimum atomic E-state index is -0.377. The fourth-order valence-electron chi connectivity index (χ4n) is 1.39. The lowest BCUT2D eigenvalue weighted by molar-refractivity contribution is -0.116. The van der Waals surface area contributed by atoms with Crippen LogP contribution < -0.4 is 10.9 Å². The number of carbonyl (C=O) groups is 1. The van der Waals surface area contributed by atoms with E-state index in [9.17, 15) is 14.0 Å². The molecule has 2 aromatic rings. The molecule has 18 heavy (non-hydrogen) atoms. The van der Waals surface area contributed by atoms with Crippen molar-refractivity contribution in [3.63, 3.8) is 0 Å². The number of aromatic nitrogens is 2. The average molecular weight is 247 g/mol. The Morgan fingerprint density at radius 3 is 2.72 bits per heavy atom. The van der Waals surface area contributed by atoms with E-state index in [0.717, 1.165) is 6.20 Å². The summed E-state index contributed by atoms with van der Waals surface area (Å²) in [4.78, 5) is 26.6. The lowest BCUT2D eigenvalue weighted by Crippen LogP contribution is -2.26. The molecule has 0 fully saturated rings. The summed E-state index contributed by atoms with van der Waals surface area (Å²) < 4.78 is 13.9. The van der Waals surface area contributed by atoms with E-state index >= 15 is 0 Å². The number of hydrogen-bond donors (Lipinski definition) is 1. The van der Waals surface area contributed by atoms with E-state index in [-0.39, 0.29) is 23.8 Å². The van der Waals surface area contributed by atoms with Crippen LogP contribution in [0.1, 0.15) is 0 Å². The molecule has 0 radical (unpaired) electrons. The first-order valence-electron chi connectivity index (χ1n) is 5.21. The van der Waals surface area contributed by atoms with Gasteiger partial charge in [-0.2, -0.15) is 0 Å². The normalized spacial score (nSPS) is 10.1. The van der Waals surface area contributed by atoms with Crippen LogP contribution in [-0.2, 0) is 11.3 Å². The monoisotopic (exact) mass is 247 g/mol. The zero-order valence-corrected chi connectivity index (χ0v) is 9.34. The molecular formula is C12H10FN3O2. The quantitative estimate of drug-likeness (QED) is 0.880. The topological polar surface area (TPSA) is 64.0 Å². The molecule has 0 aliphatic carbocycles. The van der Waals surface area contributed by atoms with Gasteiger partial charge in [-0.1, -0.05) is 0 Å². The Hall–Kier alpha value is -2.50. The molecular weight excluding hydrogens is 237 g/mol. The zero-order valence-electron chi connectivity index (χ0n) is 9.34. The molecule has 1 heterocycles. The molecule has 1 aromatic heterocycles. The highest BCUT2D eigenvalue weighted by Crippen LogP contribution is 2.07. The highest BCUT2D eigenvalue weighted by atomic mass is 19.1. The van der Waals surface area contributed by atoms with Crippen LogP contribution in [0.25, 0.3) is 0 Å². The summed E-state index contributed by atoms with van der Waals surface area (Å²) in [7, 11) is 0. The summed E-state index contributed by atoms with van der Waals surface area (Å²) >= 11 is 0. The fraction of sp³-hybridized carbons (Fsp3) is 0.0833. The van der Waals surface area contributed by atoms with Crippen LogP contribution in [0.5, 0.6) is 0 Å². The third-order valence-corrected chi connectivity index (χ3v) is 2.24. The molecule has 6 heteroatoms. The second kappa shape index (κ2) is 5.22. The summed E-state index contributed by atoms with van der Waals surface area (Å²) in [5, 5.41) is 2.56. The van der Waals surface area contributed by atoms with Crippen molar-refractivity contribution in [2.75, 3.05) is 5.32 Å². The van der Waals surface area contributed by atoms with Crippen LogP contribution >= 0.6 is 0 Å². The van der Waals surface area contributed by atoms with Gasteiger partial charge >= 0.3 is 0 Å². The minimum Gasteiger partial charge on any atom is -0.325 e. The van der Waals surface area contributed by atoms with E-state index < -0.39 is 0 Å². The van der Waals surface area contributed by atoms with E-state index in [1.54, 1.807) is 0 Å². The van der Waals surface area contributed by atoms with Gasteiger partial charge in [0.25, 0.3) is 5.56 Å². The van der Waals surface area contributed by atoms with Gasteiger partial charge in [0, 0.05) is 18.1 Å². The van der Waals surface area contributed by atoms with Crippen molar-refractivity contribution < 1.29 is 9.18 Å². The van der Waals surface area contributed by atoms with Gasteiger partial charge in [-0.05, 0) is 24.3 Å². The average Bonchev–Trinajstić information content (AvgIpc) is 2.35. The SMILES string of the molecule is O=C(Cn1ccncc1=O)Nc1ccc(F)cc1. The van der Waals surface area contributed by atoms with Crippen LogP contribution in [0.15, 0.2) is 47.7 Å². The van der Waals surface area contributed by atoms with Gasteiger partial charge in [-0.3, -0.25) is 14.6 Å². The summed E-state index contributed by atoms with van der Waals surface area (Å²) in [5.74, 6) is -0.742. The van der Waals surface area contributed by atoms with Crippen molar-refractivity contribution in [3.8, 4) is 0 Å². The number of benzene rings is 1. The molecule has 2 rings (SSSR count). The maximum absolute atomic E-state index is 12.7. The first-order valence-corrected chi connectivity index (χ1v) is 5.21. The second-order valence-corrected chi connectivity index (χ2v) is 3.60. The largest absolute Gasteiger partial charge is 0.325 e. The number of halogens is 1. The maximum atomic E-state index is 12.7. The fourth-order valence-corrected chi connectivity index (χ4v) is 1.39. The van der Waals surface area contributed by atoms with Gasteiger partial charge in [-0.25, -0.2) is 4.39 Å². The lowest BCUT2D eigenvalue weighted by atomic mass is 10.3. The number of nitrogens with one attached hydrogen (secondary N) is 1. The summed E-state index contributed by atoms with van der Waals surface area (Å²) in [6.45, 7) is -0.112. The first kappa shape index (κ1) is 12.0. The molecule has 92 valence electrons. The standard InChI is InChI=1S/C12H10FN3O2/c13-9-1-3-10(4-2-9)15-11(17)8-16-6-5-14-7-12(16)18/h1-7H,8H2,(H,15,17). The van der Waals surface area contributed by atoms with Crippen LogP contribution in [0, 0.1) is 5.82 Å². The number of carbonyl (C=O) groups excluding carboxylic acids is 1. The van der Waals surface area contributed by atoms with Gasteiger partial charge in [0.15, 0.2) is 0 Å². The van der Waals surface area contributed by atoms with Gasteiger partial charge in [0.05, 0.1) is 6.20 Å². The summed E-state index contributed by atoms with van der Waals surface area (Å²) in [6.07, 6.45) is 3.98. The van der Waals surface area contributed by atoms with Crippen LogP contribution in [0.4, 0.5) is 10.1 Å². The molecule has 1 N–H and O–H groups in total. The molecule has 1 amide bonds. The Bertz CT molecular complexity index is 607. The van der Waals surface area contributed by atoms with E-state index in [0.29, 0.717) is 5.69 Å². The van der Waals surface area contributed by atoms with Crippen molar-refractivity contribution in [2.24, 2.45) is 0 Å². The van der Waals surface area contributed by atoms with Crippen molar-refractivity contribution in [1.82, 2.24) is 9.55 Å². The highest BCUT2D eigenvalue weighted by molar-refractivity contribution is 5.90. The first-order chi connectivity index (χ1) is 8.65. The third kappa shape index (κ3) is 3.00. The van der Waals surface area contributed by atoms with Gasteiger partial charge in [0.1, 0.15) is 12.4 Å². The molecule has 0 saturated heterocycles. The zero-order chi connectivity index (χ0) is 13.0. The molecule has 0 bridgehead atoms. The van der Waals surface area contributed by atoms with Crippen molar-refractivity contribution >= 4 is 11.6 Å². The molecule has 0 aliphatic heterocycles. The van der Waals surface area contributed by atoms with Gasteiger partial charge in [-0.15, -0.1) is 0 Å². The van der Waals surface area contributed by atoms with Crippen molar-refractivity contribution in [1.29, 1.82) is 0 Å². The number of rotatable bonds is 3. The number of hydrogen-bond acceptors (Lipinski definition) is 3. The van der Waals surface area contributed by atoms with Crippen molar-refractivity contribution in [3.05, 3.63) is 59.0 Å². The summed E-state index contributed by atoms with van der Waals surface area (Å²) in [5.41, 5.74) is 0.121. The Morgan fingerprint density at radius 2 is 2.06 bits per heavy atom. The second-order valence-electron chi connectivity index (χ2n) is 3.60. The number of anilines is 1. The van der Waals surface area contributed by atoms with E-state index in [4.69, 9.17) is 0 Å². The highest BCUT2D eigenvalue weighted by Gasteiger charge is 2.04. The Balaban J connectivity index is 2.03. The van der Waals surface area contributed by atoms with Gasteiger partial charge in [0.2, 0.25) is 5.91 Å². The van der Waals surface area contributed by atoms with Crippen LogP contribution in [-0.4, -0.2) is 15.5 Å². The minimum absolute atomic E-state index is 0.112. The Labute approximate surface area is 102 Å². The molecule has 0 unspecified atom stereocenters. The van der Waals surface area contributed by atoms with E-state index in [1.807, 2.05) is 0 Å². The maximum Gasteiger partial charge on any atom is 0.269 e. The smallest absolute Gasteiger partial charge is 0.269 e. The Morgan fingerprint density at radius 1 is 1.33 bits per heavy atom. The van der Waals surface area contributed by atoms with Gasteiger partial charge < -0.3 is 9.88 Å². The van der Waals surface area contributed by atoms with E-state index in [1.165, 1.54) is 41.2 Å². The third-order valence-electron chi connectivity index (χ3n) is 2.24. The molecule has 0 atom stereocenters. The lowest BCUT2D eigenvalue weighted by Gasteiger charge is -2.06. The molecule has 0 aliphatic rings. The molecule has 0 spiro atoms. The predicted octanol–water partition coefficient (Wildman–Crippen LogP) is 1.02. The number of nitrogens with zero attached hydrogens (tertiary/aromatic N) is 2. The van der Waals surface area contributed by atoms with Crippen LogP contribution in [0.2, 0.25) is 0 Å². The molecule has 0 saturated carbocycles. The summed E-state index contributed by atoms with van der Waals surface area (Å²) in [6, 6.07) is 5.38.